The Morgan fingerprint density at radius 2 is 2.29 bits per heavy atom. The van der Waals surface area contributed by atoms with Gasteiger partial charge >= 0.3 is 0 Å². The van der Waals surface area contributed by atoms with Crippen LogP contribution >= 0.6 is 22.9 Å². The zero-order valence-corrected chi connectivity index (χ0v) is 9.96. The zero-order chi connectivity index (χ0) is 10.2. The summed E-state index contributed by atoms with van der Waals surface area (Å²) in [5, 5.41) is 3.21. The van der Waals surface area contributed by atoms with Gasteiger partial charge in [0.15, 0.2) is 0 Å². The van der Waals surface area contributed by atoms with Crippen LogP contribution in [0.25, 0.3) is 0 Å². The third-order valence-electron chi connectivity index (χ3n) is 1.79. The van der Waals surface area contributed by atoms with E-state index in [0.717, 1.165) is 37.1 Å². The minimum Gasteiger partial charge on any atom is -0.380 e. The summed E-state index contributed by atoms with van der Waals surface area (Å²) in [5.74, 6) is 0. The predicted molar refractivity (Wildman–Crippen MR) is 62.4 cm³/mol. The van der Waals surface area contributed by atoms with Crippen molar-refractivity contribution in [1.82, 2.24) is 5.32 Å². The molecule has 1 rings (SSSR count). The molecule has 0 aliphatic carbocycles. The first kappa shape index (κ1) is 12.0. The molecule has 2 nitrogen and oxygen atoms in total. The van der Waals surface area contributed by atoms with Crippen LogP contribution in [-0.4, -0.2) is 26.3 Å². The molecule has 0 radical (unpaired) electrons. The van der Waals surface area contributed by atoms with E-state index in [2.05, 4.69) is 18.3 Å². The molecule has 1 N–H and O–H groups in total. The van der Waals surface area contributed by atoms with E-state index in [1.54, 1.807) is 11.3 Å². The third-order valence-corrected chi connectivity index (χ3v) is 3.09. The van der Waals surface area contributed by atoms with Crippen molar-refractivity contribution in [2.24, 2.45) is 0 Å². The Bertz CT molecular complexity index is 252. The van der Waals surface area contributed by atoms with Crippen molar-refractivity contribution < 1.29 is 4.74 Å². The highest BCUT2D eigenvalue weighted by molar-refractivity contribution is 7.16. The van der Waals surface area contributed by atoms with Crippen LogP contribution in [0.3, 0.4) is 0 Å². The smallest absolute Gasteiger partial charge is 0.0931 e. The highest BCUT2D eigenvalue weighted by Crippen LogP contribution is 2.21. The van der Waals surface area contributed by atoms with E-state index in [9.17, 15) is 0 Å². The molecule has 0 amide bonds. The van der Waals surface area contributed by atoms with Crippen molar-refractivity contribution in [3.8, 4) is 0 Å². The first-order valence-electron chi connectivity index (χ1n) is 4.85. The van der Waals surface area contributed by atoms with Gasteiger partial charge < -0.3 is 10.1 Å². The number of hydrogen-bond donors (Lipinski definition) is 1. The molecular weight excluding hydrogens is 218 g/mol. The van der Waals surface area contributed by atoms with Crippen LogP contribution in [0.1, 0.15) is 11.8 Å². The van der Waals surface area contributed by atoms with E-state index in [-0.39, 0.29) is 0 Å². The minimum atomic E-state index is 0.780. The summed E-state index contributed by atoms with van der Waals surface area (Å²) in [6.45, 7) is 5.59. The van der Waals surface area contributed by atoms with Crippen LogP contribution < -0.4 is 5.32 Å². The molecule has 0 aliphatic rings. The molecule has 0 spiro atoms. The first-order chi connectivity index (χ1) is 6.83. The van der Waals surface area contributed by atoms with Crippen molar-refractivity contribution in [2.75, 3.05) is 26.3 Å². The normalized spacial score (nSPS) is 10.7. The molecule has 0 fully saturated rings. The largest absolute Gasteiger partial charge is 0.380 e. The fourth-order valence-corrected chi connectivity index (χ4v) is 2.15. The maximum Gasteiger partial charge on any atom is 0.0931 e. The van der Waals surface area contributed by atoms with Crippen LogP contribution in [0, 0.1) is 0 Å². The number of likely N-dealkylation sites (N-methyl/N-ethyl adjacent to an activating group) is 1. The Balaban J connectivity index is 1.99. The van der Waals surface area contributed by atoms with Crippen LogP contribution in [0.5, 0.6) is 0 Å². The number of halogens is 1. The van der Waals surface area contributed by atoms with Crippen LogP contribution in [0.4, 0.5) is 0 Å². The lowest BCUT2D eigenvalue weighted by atomic mass is 10.4. The van der Waals surface area contributed by atoms with Gasteiger partial charge in [-0.2, -0.15) is 0 Å². The maximum absolute atomic E-state index is 5.81. The topological polar surface area (TPSA) is 21.3 Å². The monoisotopic (exact) mass is 233 g/mol. The molecule has 0 aromatic carbocycles. The Morgan fingerprint density at radius 1 is 1.43 bits per heavy atom. The third kappa shape index (κ3) is 4.96. The number of nitrogens with one attached hydrogen (secondary N) is 1. The lowest BCUT2D eigenvalue weighted by molar-refractivity contribution is 0.140. The van der Waals surface area contributed by atoms with Gasteiger partial charge in [-0.15, -0.1) is 11.3 Å². The van der Waals surface area contributed by atoms with Crippen LogP contribution in [0.2, 0.25) is 4.34 Å². The summed E-state index contributed by atoms with van der Waals surface area (Å²) < 4.78 is 6.30. The summed E-state index contributed by atoms with van der Waals surface area (Å²) in [6, 6.07) is 3.99. The molecule has 80 valence electrons. The SMILES string of the molecule is CCNCCOCCc1ccc(Cl)s1. The molecule has 0 atom stereocenters. The van der Waals surface area contributed by atoms with Gasteiger partial charge in [-0.05, 0) is 18.7 Å². The second-order valence-electron chi connectivity index (χ2n) is 2.92. The summed E-state index contributed by atoms with van der Waals surface area (Å²) >= 11 is 7.44. The van der Waals surface area contributed by atoms with E-state index < -0.39 is 0 Å². The molecule has 0 saturated heterocycles. The molecule has 0 aliphatic heterocycles. The van der Waals surface area contributed by atoms with Crippen molar-refractivity contribution in [1.29, 1.82) is 0 Å². The fourth-order valence-electron chi connectivity index (χ4n) is 1.08. The van der Waals surface area contributed by atoms with E-state index in [0.29, 0.717) is 0 Å². The molecule has 4 heteroatoms. The summed E-state index contributed by atoms with van der Waals surface area (Å²) in [5.41, 5.74) is 0. The first-order valence-corrected chi connectivity index (χ1v) is 6.05. The van der Waals surface area contributed by atoms with Gasteiger partial charge in [0.2, 0.25) is 0 Å². The molecule has 0 saturated carbocycles. The Kier molecular flexibility index (Phi) is 6.19. The summed E-state index contributed by atoms with van der Waals surface area (Å²) in [7, 11) is 0. The molecular formula is C10H16ClNOS. The molecule has 1 aromatic rings. The molecule has 1 aromatic heterocycles. The van der Waals surface area contributed by atoms with Gasteiger partial charge in [0, 0.05) is 17.8 Å². The minimum absolute atomic E-state index is 0.780. The van der Waals surface area contributed by atoms with E-state index in [4.69, 9.17) is 16.3 Å². The Morgan fingerprint density at radius 3 is 2.93 bits per heavy atom. The van der Waals surface area contributed by atoms with Gasteiger partial charge in [0.1, 0.15) is 0 Å². The standard InChI is InChI=1S/C10H16ClNOS/c1-2-12-6-8-13-7-5-9-3-4-10(11)14-9/h3-4,12H,2,5-8H2,1H3. The quantitative estimate of drug-likeness (QED) is 0.731. The number of hydrogen-bond acceptors (Lipinski definition) is 3. The fraction of sp³-hybridized carbons (Fsp3) is 0.600. The van der Waals surface area contributed by atoms with Crippen LogP contribution in [0.15, 0.2) is 12.1 Å². The zero-order valence-electron chi connectivity index (χ0n) is 8.38. The van der Waals surface area contributed by atoms with Crippen molar-refractivity contribution >= 4 is 22.9 Å². The van der Waals surface area contributed by atoms with E-state index in [1.807, 2.05) is 6.07 Å². The van der Waals surface area contributed by atoms with Crippen molar-refractivity contribution in [3.05, 3.63) is 21.3 Å². The number of thiophene rings is 1. The van der Waals surface area contributed by atoms with Gasteiger partial charge in [0.25, 0.3) is 0 Å². The van der Waals surface area contributed by atoms with Gasteiger partial charge in [0.05, 0.1) is 17.6 Å². The molecule has 0 bridgehead atoms. The Labute approximate surface area is 94.2 Å². The van der Waals surface area contributed by atoms with E-state index in [1.165, 1.54) is 4.88 Å². The van der Waals surface area contributed by atoms with Gasteiger partial charge in [-0.25, -0.2) is 0 Å². The van der Waals surface area contributed by atoms with E-state index >= 15 is 0 Å². The average Bonchev–Trinajstić information content (AvgIpc) is 2.58. The number of rotatable bonds is 7. The molecule has 14 heavy (non-hydrogen) atoms. The van der Waals surface area contributed by atoms with Gasteiger partial charge in [-0.1, -0.05) is 18.5 Å². The Hall–Kier alpha value is -0.0900. The average molecular weight is 234 g/mol. The second-order valence-corrected chi connectivity index (χ2v) is 4.72. The molecule has 0 unspecified atom stereocenters. The summed E-state index contributed by atoms with van der Waals surface area (Å²) in [6.07, 6.45) is 0.962. The van der Waals surface area contributed by atoms with Gasteiger partial charge in [-0.3, -0.25) is 0 Å². The highest BCUT2D eigenvalue weighted by Gasteiger charge is 1.97. The van der Waals surface area contributed by atoms with Crippen molar-refractivity contribution in [2.45, 2.75) is 13.3 Å². The predicted octanol–water partition coefficient (Wildman–Crippen LogP) is 2.57. The molecule has 1 heterocycles. The highest BCUT2D eigenvalue weighted by atomic mass is 35.5. The lowest BCUT2D eigenvalue weighted by Crippen LogP contribution is -2.19. The number of ether oxygens (including phenoxy) is 1. The van der Waals surface area contributed by atoms with Crippen LogP contribution in [-0.2, 0) is 11.2 Å². The van der Waals surface area contributed by atoms with Crippen molar-refractivity contribution in [3.63, 3.8) is 0 Å². The summed E-state index contributed by atoms with van der Waals surface area (Å²) in [4.78, 5) is 1.29. The maximum atomic E-state index is 5.81. The second kappa shape index (κ2) is 7.23. The lowest BCUT2D eigenvalue weighted by Gasteiger charge is -2.03.